The van der Waals surface area contributed by atoms with Gasteiger partial charge >= 0.3 is 0 Å². The SMILES string of the molecule is CC=CC[C@@H](C)[C@@H](O)[C@H]1C(=O)N[C@@H](CC)C(=O)N(C)[C@H](SCCN)C(=O)N(C)[C@@H](CC(C)C)C(=O)N[C@@H](C(C)C)C(=O)N[C@@H](CC(C)C)C(=O)N[C@@H](C)C(=O)N[C@H](C)C(=O)N(C)[C@@H](CC(C)C)C(=O)N(C)[C@@H](CC(C)C)C(=O)N(C)[C@@H](C(C)C)C(=O)N1C. The Balaban J connectivity index is 4.43. The quantitative estimate of drug-likeness (QED) is 0.0972. The summed E-state index contributed by atoms with van der Waals surface area (Å²) in [5.74, 6) is -9.95. The van der Waals surface area contributed by atoms with Crippen molar-refractivity contribution in [2.24, 2.45) is 47.2 Å². The van der Waals surface area contributed by atoms with Crippen LogP contribution in [0.4, 0.5) is 0 Å². The number of aliphatic hydroxyl groups excluding tert-OH is 1. The van der Waals surface area contributed by atoms with Crippen LogP contribution in [0.5, 0.6) is 0 Å². The van der Waals surface area contributed by atoms with Gasteiger partial charge in [0.15, 0.2) is 5.37 Å². The molecule has 0 aromatic heterocycles. The van der Waals surface area contributed by atoms with Gasteiger partial charge in [0.25, 0.3) is 5.91 Å². The molecule has 0 aromatic rings. The van der Waals surface area contributed by atoms with Crippen LogP contribution in [-0.2, 0) is 52.7 Å². The van der Waals surface area contributed by atoms with E-state index in [1.165, 1.54) is 80.6 Å². The number of hydrogen-bond donors (Lipinski definition) is 7. The summed E-state index contributed by atoms with van der Waals surface area (Å²) in [6, 6.07) is -12.6. The summed E-state index contributed by atoms with van der Waals surface area (Å²) in [5, 5.41) is 24.6. The maximum Gasteiger partial charge on any atom is 0.256 e. The van der Waals surface area contributed by atoms with E-state index in [1.807, 2.05) is 55.4 Å². The average molecular weight is 1260 g/mol. The Labute approximate surface area is 530 Å². The number of likely N-dealkylation sites (N-methyl/N-ethyl adjacent to an activating group) is 6. The summed E-state index contributed by atoms with van der Waals surface area (Å²) < 4.78 is 0. The first-order chi connectivity index (χ1) is 40.7. The van der Waals surface area contributed by atoms with Crippen LogP contribution in [-0.4, -0.2) is 226 Å². The van der Waals surface area contributed by atoms with Gasteiger partial charge in [0.2, 0.25) is 59.1 Å². The van der Waals surface area contributed by atoms with Gasteiger partial charge in [-0.15, -0.1) is 11.8 Å². The topological polar surface area (TPSA) is 314 Å². The molecule has 25 heteroatoms. The molecule has 11 amide bonds. The summed E-state index contributed by atoms with van der Waals surface area (Å²) in [6.45, 7) is 29.8. The zero-order valence-electron chi connectivity index (χ0n) is 57.4. The fraction of sp³-hybridized carbons (Fsp3) is 0.794. The summed E-state index contributed by atoms with van der Waals surface area (Å²) in [6.07, 6.45) is 2.88. The standard InChI is InChI=1S/C63H114N12O12S/c1-24-26-27-40(15)51(76)50-56(81)67-43(25-2)58(83)75(23)63(88-29-28-64)62(87)70(18)45(31-35(5)6)54(79)69-48(38(11)12)55(80)68-44(30-34(3)4)53(78)65-41(16)52(77)66-42(17)57(82)71(19)46(32-36(7)8)59(84)72(20)47(33-37(9)10)60(85)73(21)49(39(13)14)61(86)74(50)22/h24,26,34-51,63,76H,25,27-33,64H2,1-23H3,(H,65,78)(H,66,77)(H,67,81)(H,68,80)(H,69,79)/t40-,41+,42-,43+,44+,45+,46+,47+,48+,49+,50+,51-,63-/m1/s1. The Morgan fingerprint density at radius 3 is 1.40 bits per heavy atom. The number of thioether (sulfide) groups is 1. The van der Waals surface area contributed by atoms with Gasteiger partial charge < -0.3 is 66.8 Å². The zero-order chi connectivity index (χ0) is 68.1. The first kappa shape index (κ1) is 80.2. The number of nitrogens with zero attached hydrogens (tertiary/aromatic N) is 6. The summed E-state index contributed by atoms with van der Waals surface area (Å²) in [4.78, 5) is 169. The van der Waals surface area contributed by atoms with Gasteiger partial charge in [0.1, 0.15) is 60.4 Å². The van der Waals surface area contributed by atoms with Crippen LogP contribution in [0.15, 0.2) is 12.2 Å². The van der Waals surface area contributed by atoms with Crippen LogP contribution in [0, 0.1) is 41.4 Å². The first-order valence-corrected chi connectivity index (χ1v) is 32.5. The minimum absolute atomic E-state index is 0.0110. The van der Waals surface area contributed by atoms with Crippen LogP contribution in [0.2, 0.25) is 0 Å². The lowest BCUT2D eigenvalue weighted by molar-refractivity contribution is -0.157. The van der Waals surface area contributed by atoms with Crippen LogP contribution in [0.1, 0.15) is 156 Å². The zero-order valence-corrected chi connectivity index (χ0v) is 58.2. The maximum atomic E-state index is 15.2. The lowest BCUT2D eigenvalue weighted by Crippen LogP contribution is -2.64. The van der Waals surface area contributed by atoms with E-state index in [2.05, 4.69) is 26.6 Å². The Morgan fingerprint density at radius 2 is 0.932 bits per heavy atom. The van der Waals surface area contributed by atoms with Crippen molar-refractivity contribution in [3.8, 4) is 0 Å². The van der Waals surface area contributed by atoms with Crippen LogP contribution >= 0.6 is 11.8 Å². The number of hydrogen-bond acceptors (Lipinski definition) is 14. The predicted molar refractivity (Wildman–Crippen MR) is 344 cm³/mol. The number of nitrogens with one attached hydrogen (secondary N) is 5. The van der Waals surface area contributed by atoms with Gasteiger partial charge in [0.05, 0.1) is 6.10 Å². The van der Waals surface area contributed by atoms with E-state index in [0.717, 1.165) is 16.7 Å². The van der Waals surface area contributed by atoms with Gasteiger partial charge in [-0.05, 0) is 101 Å². The molecule has 0 aliphatic carbocycles. The third-order valence-corrected chi connectivity index (χ3v) is 17.4. The monoisotopic (exact) mass is 1260 g/mol. The van der Waals surface area contributed by atoms with Crippen LogP contribution in [0.25, 0.3) is 0 Å². The fourth-order valence-electron chi connectivity index (χ4n) is 10.8. The Bertz CT molecular complexity index is 2390. The highest BCUT2D eigenvalue weighted by molar-refractivity contribution is 8.00. The molecule has 0 unspecified atom stereocenters. The average Bonchev–Trinajstić information content (AvgIpc) is 2.07. The largest absolute Gasteiger partial charge is 0.390 e. The molecule has 8 N–H and O–H groups in total. The summed E-state index contributed by atoms with van der Waals surface area (Å²) in [5.41, 5.74) is 5.98. The number of nitrogens with two attached hydrogens (primary N) is 1. The molecule has 1 aliphatic rings. The molecule has 1 fully saturated rings. The summed E-state index contributed by atoms with van der Waals surface area (Å²) >= 11 is 1.04. The molecule has 1 saturated heterocycles. The van der Waals surface area contributed by atoms with Crippen molar-refractivity contribution in [2.75, 3.05) is 54.6 Å². The minimum atomic E-state index is -1.64. The van der Waals surface area contributed by atoms with Crippen molar-refractivity contribution >= 4 is 76.7 Å². The normalized spacial score (nSPS) is 27.1. The number of aliphatic hydroxyl groups is 1. The van der Waals surface area contributed by atoms with Crippen molar-refractivity contribution in [3.05, 3.63) is 12.2 Å². The molecule has 0 spiro atoms. The van der Waals surface area contributed by atoms with Gasteiger partial charge in [0, 0.05) is 54.6 Å². The Hall–Kier alpha value is -5.82. The smallest absolute Gasteiger partial charge is 0.256 e. The number of allylic oxidation sites excluding steroid dienone is 2. The molecule has 1 heterocycles. The van der Waals surface area contributed by atoms with Crippen molar-refractivity contribution in [3.63, 3.8) is 0 Å². The van der Waals surface area contributed by atoms with E-state index < -0.39 is 155 Å². The Kier molecular flexibility index (Phi) is 34.1. The molecule has 0 radical (unpaired) electrons. The molecule has 0 bridgehead atoms. The second-order valence-electron chi connectivity index (χ2n) is 26.4. The van der Waals surface area contributed by atoms with E-state index in [4.69, 9.17) is 5.73 Å². The molecule has 13 atom stereocenters. The third kappa shape index (κ3) is 22.9. The second kappa shape index (κ2) is 37.4. The number of carbonyl (C=O) groups excluding carboxylic acids is 11. The molecular formula is C63H114N12O12S. The highest BCUT2D eigenvalue weighted by Gasteiger charge is 2.46. The Morgan fingerprint density at radius 1 is 0.477 bits per heavy atom. The van der Waals surface area contributed by atoms with Crippen LogP contribution in [0.3, 0.4) is 0 Å². The highest BCUT2D eigenvalue weighted by Crippen LogP contribution is 2.27. The number of carbonyl (C=O) groups is 11. The molecule has 504 valence electrons. The van der Waals surface area contributed by atoms with Gasteiger partial charge in [-0.1, -0.05) is 109 Å². The third-order valence-electron chi connectivity index (χ3n) is 16.1. The van der Waals surface area contributed by atoms with E-state index in [0.29, 0.717) is 6.42 Å². The number of rotatable bonds is 18. The van der Waals surface area contributed by atoms with E-state index >= 15 is 14.4 Å². The van der Waals surface area contributed by atoms with E-state index in [9.17, 15) is 43.5 Å². The first-order valence-electron chi connectivity index (χ1n) is 31.5. The predicted octanol–water partition coefficient (Wildman–Crippen LogP) is 2.94. The van der Waals surface area contributed by atoms with E-state index in [1.54, 1.807) is 60.6 Å². The molecule has 24 nitrogen and oxygen atoms in total. The molecule has 1 aliphatic heterocycles. The summed E-state index contributed by atoms with van der Waals surface area (Å²) in [7, 11) is 8.49. The van der Waals surface area contributed by atoms with Gasteiger partial charge in [-0.3, -0.25) is 52.7 Å². The van der Waals surface area contributed by atoms with Crippen molar-refractivity contribution in [2.45, 2.75) is 228 Å². The van der Waals surface area contributed by atoms with Crippen LogP contribution < -0.4 is 32.3 Å². The van der Waals surface area contributed by atoms with Crippen molar-refractivity contribution < 1.29 is 57.8 Å². The lowest BCUT2D eigenvalue weighted by atomic mass is 9.91. The number of amides is 11. The van der Waals surface area contributed by atoms with Gasteiger partial charge in [-0.2, -0.15) is 0 Å². The molecule has 1 rings (SSSR count). The molecule has 0 aromatic carbocycles. The lowest BCUT2D eigenvalue weighted by Gasteiger charge is -2.41. The van der Waals surface area contributed by atoms with Gasteiger partial charge in [-0.25, -0.2) is 0 Å². The fourth-order valence-corrected chi connectivity index (χ4v) is 11.8. The molecule has 88 heavy (non-hydrogen) atoms. The van der Waals surface area contributed by atoms with E-state index in [-0.39, 0.29) is 68.1 Å². The van der Waals surface area contributed by atoms with Crippen molar-refractivity contribution in [1.29, 1.82) is 0 Å². The molecular weight excluding hydrogens is 1150 g/mol. The molecule has 0 saturated carbocycles. The maximum absolute atomic E-state index is 15.2. The van der Waals surface area contributed by atoms with Crippen molar-refractivity contribution in [1.82, 2.24) is 56.0 Å². The second-order valence-corrected chi connectivity index (χ2v) is 27.6. The highest BCUT2D eigenvalue weighted by atomic mass is 32.2. The minimum Gasteiger partial charge on any atom is -0.390 e.